The fourth-order valence-corrected chi connectivity index (χ4v) is 6.64. The molecule has 7 rings (SSSR count). The number of nitrogens with one attached hydrogen (secondary N) is 1. The van der Waals surface area contributed by atoms with Crippen molar-refractivity contribution in [3.8, 4) is 39.4 Å². The van der Waals surface area contributed by atoms with Crippen molar-refractivity contribution >= 4 is 33.6 Å². The van der Waals surface area contributed by atoms with E-state index >= 15 is 0 Å². The summed E-state index contributed by atoms with van der Waals surface area (Å²) in [6.07, 6.45) is 2.44. The van der Waals surface area contributed by atoms with Crippen molar-refractivity contribution in [3.63, 3.8) is 0 Å². The van der Waals surface area contributed by atoms with E-state index in [0.717, 1.165) is 72.6 Å². The Morgan fingerprint density at radius 2 is 1.87 bits per heavy atom. The number of aryl methyl sites for hydroxylation is 3. The summed E-state index contributed by atoms with van der Waals surface area (Å²) in [6.45, 7) is 10.8. The van der Waals surface area contributed by atoms with Crippen LogP contribution < -0.4 is 10.1 Å². The van der Waals surface area contributed by atoms with Crippen molar-refractivity contribution in [1.82, 2.24) is 24.3 Å². The Morgan fingerprint density at radius 3 is 2.64 bits per heavy atom. The third-order valence-corrected chi connectivity index (χ3v) is 8.82. The van der Waals surface area contributed by atoms with E-state index in [9.17, 15) is 9.90 Å². The summed E-state index contributed by atoms with van der Waals surface area (Å²) < 4.78 is 16.1. The van der Waals surface area contributed by atoms with Crippen LogP contribution >= 0.6 is 0 Å². The van der Waals surface area contributed by atoms with Crippen LogP contribution in [0.2, 0.25) is 0 Å². The van der Waals surface area contributed by atoms with Gasteiger partial charge in [-0.05, 0) is 82.1 Å². The molecule has 0 unspecified atom stereocenters. The lowest BCUT2D eigenvalue weighted by Gasteiger charge is -2.29. The fourth-order valence-electron chi connectivity index (χ4n) is 6.64. The number of rotatable bonds is 6. The van der Waals surface area contributed by atoms with Crippen LogP contribution in [0.25, 0.3) is 55.6 Å². The quantitative estimate of drug-likeness (QED) is 0.198. The third kappa shape index (κ3) is 5.28. The average molecular weight is 631 g/mol. The van der Waals surface area contributed by atoms with Gasteiger partial charge in [0.05, 0.1) is 34.4 Å². The van der Waals surface area contributed by atoms with Gasteiger partial charge in [-0.2, -0.15) is 5.10 Å². The number of carbonyl (C=O) groups is 1. The second-order valence-electron chi connectivity index (χ2n) is 13.1. The summed E-state index contributed by atoms with van der Waals surface area (Å²) in [5.41, 5.74) is 9.50. The van der Waals surface area contributed by atoms with Crippen molar-refractivity contribution in [1.29, 1.82) is 0 Å². The molecule has 0 fully saturated rings. The van der Waals surface area contributed by atoms with Gasteiger partial charge in [-0.15, -0.1) is 0 Å². The fraction of sp³-hybridized carbons (Fsp3) is 0.297. The monoisotopic (exact) mass is 630 g/mol. The number of aromatic nitrogens is 5. The average Bonchev–Trinajstić information content (AvgIpc) is 3.58. The van der Waals surface area contributed by atoms with Gasteiger partial charge >= 0.3 is 5.97 Å². The number of hydrogen-bond acceptors (Lipinski definition) is 7. The van der Waals surface area contributed by atoms with E-state index in [-0.39, 0.29) is 0 Å². The summed E-state index contributed by atoms with van der Waals surface area (Å²) in [6, 6.07) is 16.4. The number of ether oxygens (including phenoxy) is 2. The molecule has 4 aromatic heterocycles. The van der Waals surface area contributed by atoms with Gasteiger partial charge in [-0.1, -0.05) is 12.1 Å². The normalized spacial score (nSPS) is 13.8. The number of nitrogens with zero attached hydrogens (tertiary/aromatic N) is 5. The molecule has 2 aromatic carbocycles. The Labute approximate surface area is 273 Å². The van der Waals surface area contributed by atoms with Crippen LogP contribution in [0, 0.1) is 13.8 Å². The Hall–Kier alpha value is -5.22. The molecule has 0 radical (unpaired) electrons. The van der Waals surface area contributed by atoms with Gasteiger partial charge < -0.3 is 24.5 Å². The Kier molecular flexibility index (Phi) is 7.28. The highest BCUT2D eigenvalue weighted by Gasteiger charge is 2.34. The maximum Gasteiger partial charge on any atom is 0.337 e. The number of pyridine rings is 2. The molecule has 10 heteroatoms. The summed E-state index contributed by atoms with van der Waals surface area (Å²) >= 11 is 0. The van der Waals surface area contributed by atoms with Crippen LogP contribution in [0.3, 0.4) is 0 Å². The minimum atomic E-state index is -1.24. The van der Waals surface area contributed by atoms with Gasteiger partial charge in [0.25, 0.3) is 0 Å². The van der Waals surface area contributed by atoms with E-state index in [1.807, 2.05) is 84.0 Å². The second kappa shape index (κ2) is 11.2. The maximum absolute atomic E-state index is 12.9. The molecule has 0 amide bonds. The molecule has 0 aliphatic carbocycles. The molecule has 6 aromatic rings. The Morgan fingerprint density at radius 1 is 1.06 bits per heavy atom. The van der Waals surface area contributed by atoms with E-state index in [2.05, 4.69) is 45.3 Å². The molecule has 0 saturated carbocycles. The number of carboxylic acid groups (broad SMARTS) is 1. The van der Waals surface area contributed by atoms with Crippen LogP contribution in [-0.4, -0.2) is 54.1 Å². The van der Waals surface area contributed by atoms with Crippen LogP contribution in [0.1, 0.15) is 43.7 Å². The van der Waals surface area contributed by atoms with Gasteiger partial charge in [-0.25, -0.2) is 9.78 Å². The Bertz CT molecular complexity index is 2210. The molecule has 5 heterocycles. The molecular formula is C37H38N6O4. The lowest BCUT2D eigenvalue weighted by Crippen LogP contribution is -2.28. The molecule has 0 bridgehead atoms. The third-order valence-electron chi connectivity index (χ3n) is 8.82. The van der Waals surface area contributed by atoms with Crippen molar-refractivity contribution in [3.05, 3.63) is 77.7 Å². The molecular weight excluding hydrogens is 592 g/mol. The first-order valence-corrected chi connectivity index (χ1v) is 15.7. The maximum atomic E-state index is 12.9. The highest BCUT2D eigenvalue weighted by Crippen LogP contribution is 2.45. The van der Waals surface area contributed by atoms with Gasteiger partial charge in [0.1, 0.15) is 18.0 Å². The molecule has 0 saturated heterocycles. The lowest BCUT2D eigenvalue weighted by molar-refractivity contribution is -0.160. The highest BCUT2D eigenvalue weighted by molar-refractivity contribution is 6.02. The molecule has 1 aliphatic rings. The summed E-state index contributed by atoms with van der Waals surface area (Å²) in [5.74, 6) is -0.285. The number of carboxylic acids is 1. The summed E-state index contributed by atoms with van der Waals surface area (Å²) in [5, 5.41) is 20.3. The molecule has 0 spiro atoms. The SMILES string of the molecule is Cc1nc2c(cc(-c3ccnc(-c4ccc5c(cnn5C)c4)c3)n2C)c(-c2ccc3c(c2C)NCCO3)c1[C@H](OC(C)(C)C)C(=O)O. The molecule has 10 nitrogen and oxygen atoms in total. The van der Waals surface area contributed by atoms with Crippen LogP contribution in [0.4, 0.5) is 5.69 Å². The topological polar surface area (TPSA) is 116 Å². The molecule has 240 valence electrons. The number of aliphatic carboxylic acids is 1. The molecule has 2 N–H and O–H groups in total. The highest BCUT2D eigenvalue weighted by atomic mass is 16.5. The predicted octanol–water partition coefficient (Wildman–Crippen LogP) is 7.22. The van der Waals surface area contributed by atoms with E-state index < -0.39 is 17.7 Å². The second-order valence-corrected chi connectivity index (χ2v) is 13.1. The molecule has 1 aliphatic heterocycles. The number of benzene rings is 2. The summed E-state index contributed by atoms with van der Waals surface area (Å²) in [4.78, 5) is 22.6. The van der Waals surface area contributed by atoms with Gasteiger partial charge in [-0.3, -0.25) is 9.67 Å². The minimum absolute atomic E-state index is 0.539. The van der Waals surface area contributed by atoms with Crippen LogP contribution in [0.5, 0.6) is 5.75 Å². The largest absolute Gasteiger partial charge is 0.490 e. The standard InChI is InChI=1S/C37H38N6O4/c1-20-25(9-11-30-33(20)39-14-15-46-30)32-26-18-29(42(6)35(26)41-21(2)31(32)34(36(44)45)47-37(3,4)5)23-12-13-38-27(17-23)22-8-10-28-24(16-22)19-40-43(28)7/h8-13,16-19,34,39H,14-15H2,1-7H3,(H,44,45)/t34-/m0/s1. The van der Waals surface area contributed by atoms with Gasteiger partial charge in [0.2, 0.25) is 0 Å². The van der Waals surface area contributed by atoms with Crippen molar-refractivity contribution < 1.29 is 19.4 Å². The predicted molar refractivity (Wildman–Crippen MR) is 184 cm³/mol. The van der Waals surface area contributed by atoms with Crippen molar-refractivity contribution in [2.45, 2.75) is 46.3 Å². The minimum Gasteiger partial charge on any atom is -0.490 e. The van der Waals surface area contributed by atoms with E-state index in [4.69, 9.17) is 19.4 Å². The van der Waals surface area contributed by atoms with Crippen LogP contribution in [0.15, 0.2) is 60.9 Å². The van der Waals surface area contributed by atoms with E-state index in [1.54, 1.807) is 0 Å². The first kappa shape index (κ1) is 30.4. The first-order valence-electron chi connectivity index (χ1n) is 15.7. The van der Waals surface area contributed by atoms with Gasteiger partial charge in [0, 0.05) is 65.6 Å². The Balaban J connectivity index is 1.46. The van der Waals surface area contributed by atoms with Crippen molar-refractivity contribution in [2.24, 2.45) is 14.1 Å². The number of anilines is 1. The first-order chi connectivity index (χ1) is 22.4. The van der Waals surface area contributed by atoms with E-state index in [1.165, 1.54) is 0 Å². The zero-order valence-corrected chi connectivity index (χ0v) is 27.7. The van der Waals surface area contributed by atoms with Crippen molar-refractivity contribution in [2.75, 3.05) is 18.5 Å². The summed E-state index contributed by atoms with van der Waals surface area (Å²) in [7, 11) is 3.92. The molecule has 47 heavy (non-hydrogen) atoms. The number of hydrogen-bond donors (Lipinski definition) is 2. The smallest absolute Gasteiger partial charge is 0.337 e. The zero-order valence-electron chi connectivity index (χ0n) is 27.7. The molecule has 1 atom stereocenters. The van der Waals surface area contributed by atoms with E-state index in [0.29, 0.717) is 24.4 Å². The lowest BCUT2D eigenvalue weighted by atomic mass is 9.89. The van der Waals surface area contributed by atoms with Gasteiger partial charge in [0.15, 0.2) is 6.10 Å². The number of fused-ring (bicyclic) bond motifs is 3. The zero-order chi connectivity index (χ0) is 33.2. The van der Waals surface area contributed by atoms with Crippen LogP contribution in [-0.2, 0) is 23.6 Å².